The zero-order valence-corrected chi connectivity index (χ0v) is 19.9. The van der Waals surface area contributed by atoms with Crippen LogP contribution in [0.25, 0.3) is 5.76 Å². The zero-order chi connectivity index (χ0) is 25.3. The van der Waals surface area contributed by atoms with E-state index >= 15 is 0 Å². The van der Waals surface area contributed by atoms with Crippen LogP contribution in [0.4, 0.5) is 5.69 Å². The van der Waals surface area contributed by atoms with Crippen LogP contribution in [0.1, 0.15) is 35.2 Å². The van der Waals surface area contributed by atoms with Gasteiger partial charge >= 0.3 is 5.97 Å². The Labute approximate surface area is 203 Å². The molecule has 3 aromatic carbocycles. The molecule has 0 spiro atoms. The number of amides is 1. The number of esters is 1. The van der Waals surface area contributed by atoms with Crippen molar-refractivity contribution < 1.29 is 29.0 Å². The summed E-state index contributed by atoms with van der Waals surface area (Å²) in [5, 5.41) is 11.3. The number of nitrogens with zero attached hydrogens (tertiary/aromatic N) is 1. The molecule has 1 atom stereocenters. The average Bonchev–Trinajstić information content (AvgIpc) is 3.10. The smallest absolute Gasteiger partial charge is 0.308 e. The van der Waals surface area contributed by atoms with Crippen molar-refractivity contribution in [3.8, 4) is 11.5 Å². The van der Waals surface area contributed by atoms with Crippen LogP contribution in [-0.4, -0.2) is 29.9 Å². The van der Waals surface area contributed by atoms with Crippen LogP contribution < -0.4 is 14.4 Å². The SMILES string of the molecule is COc1ccc(N2C(=O)C(=O)/C(=C(\O)c3ccc(C)c(C)c3)C2c2cccc(OC(C)=O)c2)cc1. The molecule has 4 rings (SSSR count). The highest BCUT2D eigenvalue weighted by Gasteiger charge is 2.47. The molecule has 7 nitrogen and oxygen atoms in total. The van der Waals surface area contributed by atoms with Gasteiger partial charge in [0.1, 0.15) is 17.3 Å². The van der Waals surface area contributed by atoms with Crippen LogP contribution in [0.5, 0.6) is 11.5 Å². The predicted octanol–water partition coefficient (Wildman–Crippen LogP) is 4.86. The fraction of sp³-hybridized carbons (Fsp3) is 0.179. The molecule has 0 bridgehead atoms. The van der Waals surface area contributed by atoms with E-state index < -0.39 is 23.7 Å². The molecule has 1 aliphatic heterocycles. The highest BCUT2D eigenvalue weighted by Crippen LogP contribution is 2.43. The van der Waals surface area contributed by atoms with Crippen LogP contribution in [-0.2, 0) is 14.4 Å². The predicted molar refractivity (Wildman–Crippen MR) is 131 cm³/mol. The maximum atomic E-state index is 13.3. The second-order valence-corrected chi connectivity index (χ2v) is 8.33. The van der Waals surface area contributed by atoms with E-state index in [0.717, 1.165) is 11.1 Å². The quantitative estimate of drug-likeness (QED) is 0.188. The number of carbonyl (C=O) groups excluding carboxylic acids is 3. The standard InChI is InChI=1S/C28H25NO6/c1-16-8-9-20(14-17(16)2)26(31)24-25(19-6-5-7-23(15-19)35-18(3)30)29(28(33)27(24)32)21-10-12-22(34-4)13-11-21/h5-15,25,31H,1-4H3/b26-24-. The lowest BCUT2D eigenvalue weighted by molar-refractivity contribution is -0.132. The third-order valence-electron chi connectivity index (χ3n) is 6.01. The van der Waals surface area contributed by atoms with Gasteiger partial charge in [0.15, 0.2) is 0 Å². The van der Waals surface area contributed by atoms with Gasteiger partial charge in [0.05, 0.1) is 18.7 Å². The number of hydrogen-bond acceptors (Lipinski definition) is 6. The van der Waals surface area contributed by atoms with E-state index in [1.165, 1.54) is 18.9 Å². The van der Waals surface area contributed by atoms with Crippen molar-refractivity contribution in [3.05, 3.63) is 94.6 Å². The van der Waals surface area contributed by atoms with Crippen molar-refractivity contribution in [2.24, 2.45) is 0 Å². The molecule has 7 heteroatoms. The number of Topliss-reactive ketones (excluding diaryl/α,β-unsaturated/α-hetero) is 1. The van der Waals surface area contributed by atoms with Gasteiger partial charge in [-0.1, -0.05) is 24.3 Å². The molecule has 1 amide bonds. The number of aryl methyl sites for hydroxylation is 2. The lowest BCUT2D eigenvalue weighted by Crippen LogP contribution is -2.29. The molecule has 1 fully saturated rings. The summed E-state index contributed by atoms with van der Waals surface area (Å²) in [5.74, 6) is -1.50. The molecule has 1 saturated heterocycles. The first-order valence-electron chi connectivity index (χ1n) is 11.0. The van der Waals surface area contributed by atoms with Crippen LogP contribution in [0.15, 0.2) is 72.3 Å². The Morgan fingerprint density at radius 3 is 2.26 bits per heavy atom. The minimum Gasteiger partial charge on any atom is -0.507 e. The average molecular weight is 472 g/mol. The Balaban J connectivity index is 1.93. The molecular weight excluding hydrogens is 446 g/mol. The second-order valence-electron chi connectivity index (χ2n) is 8.33. The summed E-state index contributed by atoms with van der Waals surface area (Å²) in [6.07, 6.45) is 0. The summed E-state index contributed by atoms with van der Waals surface area (Å²) >= 11 is 0. The summed E-state index contributed by atoms with van der Waals surface area (Å²) in [7, 11) is 1.53. The third-order valence-corrected chi connectivity index (χ3v) is 6.01. The van der Waals surface area contributed by atoms with Crippen molar-refractivity contribution in [1.29, 1.82) is 0 Å². The number of aliphatic hydroxyl groups excluding tert-OH is 1. The van der Waals surface area contributed by atoms with Gasteiger partial charge in [0, 0.05) is 18.2 Å². The monoisotopic (exact) mass is 471 g/mol. The Kier molecular flexibility index (Phi) is 6.42. The van der Waals surface area contributed by atoms with Gasteiger partial charge in [-0.2, -0.15) is 0 Å². The van der Waals surface area contributed by atoms with E-state index in [1.54, 1.807) is 60.7 Å². The van der Waals surface area contributed by atoms with Gasteiger partial charge in [-0.3, -0.25) is 19.3 Å². The molecule has 0 aromatic heterocycles. The minimum atomic E-state index is -0.944. The van der Waals surface area contributed by atoms with Crippen molar-refractivity contribution in [2.75, 3.05) is 12.0 Å². The Morgan fingerprint density at radius 1 is 0.914 bits per heavy atom. The first-order chi connectivity index (χ1) is 16.7. The molecule has 0 aliphatic carbocycles. The van der Waals surface area contributed by atoms with E-state index in [9.17, 15) is 19.5 Å². The Hall–Kier alpha value is -4.39. The molecular formula is C28H25NO6. The molecule has 35 heavy (non-hydrogen) atoms. The van der Waals surface area contributed by atoms with E-state index in [1.807, 2.05) is 19.9 Å². The fourth-order valence-electron chi connectivity index (χ4n) is 4.12. The molecule has 1 aliphatic rings. The summed E-state index contributed by atoms with van der Waals surface area (Å²) in [5.41, 5.74) is 3.31. The molecule has 0 radical (unpaired) electrons. The molecule has 3 aromatic rings. The number of benzene rings is 3. The number of carbonyl (C=O) groups is 3. The van der Waals surface area contributed by atoms with Gasteiger partial charge in [-0.25, -0.2) is 0 Å². The Bertz CT molecular complexity index is 1360. The molecule has 1 unspecified atom stereocenters. The maximum absolute atomic E-state index is 13.3. The highest BCUT2D eigenvalue weighted by atomic mass is 16.5. The molecule has 1 N–H and O–H groups in total. The number of hydrogen-bond donors (Lipinski definition) is 1. The van der Waals surface area contributed by atoms with Gasteiger partial charge in [0.25, 0.3) is 11.7 Å². The van der Waals surface area contributed by atoms with Crippen molar-refractivity contribution in [1.82, 2.24) is 0 Å². The molecule has 0 saturated carbocycles. The largest absolute Gasteiger partial charge is 0.507 e. The van der Waals surface area contributed by atoms with E-state index in [-0.39, 0.29) is 17.1 Å². The van der Waals surface area contributed by atoms with Crippen molar-refractivity contribution >= 4 is 29.1 Å². The van der Waals surface area contributed by atoms with Crippen LogP contribution in [0.2, 0.25) is 0 Å². The topological polar surface area (TPSA) is 93.1 Å². The van der Waals surface area contributed by atoms with Gasteiger partial charge in [-0.15, -0.1) is 0 Å². The summed E-state index contributed by atoms with van der Waals surface area (Å²) in [4.78, 5) is 39.4. The number of ether oxygens (including phenoxy) is 2. The molecule has 1 heterocycles. The molecule has 178 valence electrons. The van der Waals surface area contributed by atoms with Crippen LogP contribution >= 0.6 is 0 Å². The van der Waals surface area contributed by atoms with Crippen molar-refractivity contribution in [3.63, 3.8) is 0 Å². The zero-order valence-electron chi connectivity index (χ0n) is 19.9. The second kappa shape index (κ2) is 9.46. The third kappa shape index (κ3) is 4.53. The summed E-state index contributed by atoms with van der Waals surface area (Å²) in [6.45, 7) is 5.14. The van der Waals surface area contributed by atoms with Gasteiger partial charge in [-0.05, 0) is 73.0 Å². The summed E-state index contributed by atoms with van der Waals surface area (Å²) in [6, 6.07) is 17.7. The van der Waals surface area contributed by atoms with E-state index in [2.05, 4.69) is 0 Å². The van der Waals surface area contributed by atoms with Gasteiger partial charge < -0.3 is 14.6 Å². The maximum Gasteiger partial charge on any atom is 0.308 e. The van der Waals surface area contributed by atoms with Crippen LogP contribution in [0.3, 0.4) is 0 Å². The van der Waals surface area contributed by atoms with E-state index in [4.69, 9.17) is 9.47 Å². The highest BCUT2D eigenvalue weighted by molar-refractivity contribution is 6.51. The summed E-state index contributed by atoms with van der Waals surface area (Å²) < 4.78 is 10.4. The minimum absolute atomic E-state index is 0.0472. The normalized spacial score (nSPS) is 16.9. The number of ketones is 1. The number of aliphatic hydroxyl groups is 1. The van der Waals surface area contributed by atoms with Crippen LogP contribution in [0, 0.1) is 13.8 Å². The lowest BCUT2D eigenvalue weighted by atomic mass is 9.94. The Morgan fingerprint density at radius 2 is 1.63 bits per heavy atom. The first-order valence-corrected chi connectivity index (χ1v) is 11.0. The lowest BCUT2D eigenvalue weighted by Gasteiger charge is -2.26. The van der Waals surface area contributed by atoms with E-state index in [0.29, 0.717) is 22.6 Å². The first kappa shape index (κ1) is 23.8. The van der Waals surface area contributed by atoms with Crippen molar-refractivity contribution in [2.45, 2.75) is 26.8 Å². The number of methoxy groups -OCH3 is 1. The fourth-order valence-corrected chi connectivity index (χ4v) is 4.12. The number of rotatable bonds is 5. The number of anilines is 1. The van der Waals surface area contributed by atoms with Gasteiger partial charge in [0.2, 0.25) is 0 Å².